The van der Waals surface area contributed by atoms with Gasteiger partial charge in [-0.3, -0.25) is 9.69 Å². The first-order valence-corrected chi connectivity index (χ1v) is 6.25. The fourth-order valence-corrected chi connectivity index (χ4v) is 1.89. The van der Waals surface area contributed by atoms with Crippen molar-refractivity contribution in [2.75, 3.05) is 18.9 Å². The molecule has 7 nitrogen and oxygen atoms in total. The van der Waals surface area contributed by atoms with Gasteiger partial charge in [-0.05, 0) is 18.2 Å². The van der Waals surface area contributed by atoms with E-state index in [0.29, 0.717) is 15.7 Å². The minimum atomic E-state index is -0.703. The highest BCUT2D eigenvalue weighted by atomic mass is 35.5. The van der Waals surface area contributed by atoms with Crippen LogP contribution >= 0.6 is 23.2 Å². The summed E-state index contributed by atoms with van der Waals surface area (Å²) in [5.41, 5.74) is 2.55. The highest BCUT2D eigenvalue weighted by Gasteiger charge is 2.34. The molecule has 0 atom stereocenters. The number of halogens is 2. The molecule has 1 aromatic carbocycles. The minimum absolute atomic E-state index is 0.216. The highest BCUT2D eigenvalue weighted by molar-refractivity contribution is 6.35. The second-order valence-corrected chi connectivity index (χ2v) is 4.86. The molecule has 2 rings (SSSR count). The Kier molecular flexibility index (Phi) is 4.01. The zero-order valence-electron chi connectivity index (χ0n) is 10.3. The van der Waals surface area contributed by atoms with Gasteiger partial charge in [-0.15, -0.1) is 0 Å². The Morgan fingerprint density at radius 3 is 2.60 bits per heavy atom. The molecule has 0 saturated carbocycles. The number of urea groups is 2. The van der Waals surface area contributed by atoms with Crippen LogP contribution in [0.3, 0.4) is 0 Å². The van der Waals surface area contributed by atoms with Gasteiger partial charge in [0.2, 0.25) is 0 Å². The van der Waals surface area contributed by atoms with E-state index < -0.39 is 18.0 Å². The van der Waals surface area contributed by atoms with Crippen molar-refractivity contribution in [2.24, 2.45) is 0 Å². The van der Waals surface area contributed by atoms with Gasteiger partial charge in [-0.1, -0.05) is 23.2 Å². The third-order valence-corrected chi connectivity index (χ3v) is 3.16. The van der Waals surface area contributed by atoms with Crippen molar-refractivity contribution in [1.82, 2.24) is 15.3 Å². The quantitative estimate of drug-likeness (QED) is 0.818. The number of rotatable bonds is 2. The van der Waals surface area contributed by atoms with E-state index in [4.69, 9.17) is 23.2 Å². The maximum absolute atomic E-state index is 11.7. The highest BCUT2D eigenvalue weighted by Crippen LogP contribution is 2.25. The van der Waals surface area contributed by atoms with Crippen LogP contribution in [0, 0.1) is 0 Å². The second-order valence-electron chi connectivity index (χ2n) is 4.01. The average molecular weight is 317 g/mol. The standard InChI is InChI=1S/C11H10Cl2N4O3/c1-16-9(18)5-17(11(16)20)15-10(19)14-8-4-6(12)2-3-7(8)13/h2-4H,5H2,1H3,(H2,14,15,19). The molecule has 1 heterocycles. The van der Waals surface area contributed by atoms with Crippen molar-refractivity contribution < 1.29 is 14.4 Å². The summed E-state index contributed by atoms with van der Waals surface area (Å²) in [4.78, 5) is 35.5. The Bertz CT molecular complexity index is 593. The molecular formula is C11H10Cl2N4O3. The first-order valence-electron chi connectivity index (χ1n) is 5.49. The summed E-state index contributed by atoms with van der Waals surface area (Å²) in [6, 6.07) is 3.25. The maximum atomic E-state index is 11.7. The third kappa shape index (κ3) is 2.94. The van der Waals surface area contributed by atoms with Crippen LogP contribution in [0.4, 0.5) is 15.3 Å². The van der Waals surface area contributed by atoms with Gasteiger partial charge >= 0.3 is 12.1 Å². The lowest BCUT2D eigenvalue weighted by molar-refractivity contribution is -0.124. The number of hydrogen-bond donors (Lipinski definition) is 2. The number of nitrogens with zero attached hydrogens (tertiary/aromatic N) is 2. The monoisotopic (exact) mass is 316 g/mol. The first kappa shape index (κ1) is 14.4. The van der Waals surface area contributed by atoms with E-state index in [-0.39, 0.29) is 6.54 Å². The molecule has 0 aliphatic carbocycles. The molecule has 1 aliphatic rings. The fourth-order valence-electron chi connectivity index (χ4n) is 1.55. The lowest BCUT2D eigenvalue weighted by atomic mass is 10.3. The largest absolute Gasteiger partial charge is 0.345 e. The summed E-state index contributed by atoms with van der Waals surface area (Å²) >= 11 is 11.7. The van der Waals surface area contributed by atoms with Crippen molar-refractivity contribution in [3.05, 3.63) is 28.2 Å². The molecule has 0 bridgehead atoms. The van der Waals surface area contributed by atoms with E-state index in [0.717, 1.165) is 9.91 Å². The second kappa shape index (κ2) is 5.56. The Balaban J connectivity index is 2.01. The van der Waals surface area contributed by atoms with Crippen molar-refractivity contribution in [3.8, 4) is 0 Å². The molecule has 106 valence electrons. The average Bonchev–Trinajstić information content (AvgIpc) is 2.61. The van der Waals surface area contributed by atoms with Gasteiger partial charge in [0, 0.05) is 12.1 Å². The Hall–Kier alpha value is -1.99. The van der Waals surface area contributed by atoms with E-state index in [1.165, 1.54) is 19.2 Å². The zero-order chi connectivity index (χ0) is 14.9. The minimum Gasteiger partial charge on any atom is -0.305 e. The Labute approximate surface area is 124 Å². The number of amides is 5. The van der Waals surface area contributed by atoms with E-state index in [1.54, 1.807) is 6.07 Å². The number of benzene rings is 1. The van der Waals surface area contributed by atoms with Gasteiger partial charge in [0.1, 0.15) is 6.54 Å². The smallest absolute Gasteiger partial charge is 0.305 e. The van der Waals surface area contributed by atoms with Gasteiger partial charge in [-0.2, -0.15) is 0 Å². The topological polar surface area (TPSA) is 81.8 Å². The van der Waals surface area contributed by atoms with E-state index >= 15 is 0 Å². The number of anilines is 1. The van der Waals surface area contributed by atoms with E-state index in [2.05, 4.69) is 10.7 Å². The van der Waals surface area contributed by atoms with Crippen molar-refractivity contribution in [2.45, 2.75) is 0 Å². The Morgan fingerprint density at radius 1 is 1.30 bits per heavy atom. The number of imide groups is 1. The first-order chi connectivity index (χ1) is 9.38. The summed E-state index contributed by atoms with van der Waals surface area (Å²) in [6.07, 6.45) is 0. The van der Waals surface area contributed by atoms with Crippen LogP contribution in [-0.4, -0.2) is 41.5 Å². The number of carbonyl (C=O) groups is 3. The van der Waals surface area contributed by atoms with E-state index in [9.17, 15) is 14.4 Å². The molecule has 0 radical (unpaired) electrons. The normalized spacial score (nSPS) is 14.8. The summed E-state index contributed by atoms with van der Waals surface area (Å²) in [5, 5.41) is 4.03. The SMILES string of the molecule is CN1C(=O)CN(NC(=O)Nc2cc(Cl)ccc2Cl)C1=O. The summed E-state index contributed by atoms with van der Waals surface area (Å²) in [6.45, 7) is -0.216. The van der Waals surface area contributed by atoms with Crippen LogP contribution in [0.25, 0.3) is 0 Å². The molecule has 9 heteroatoms. The summed E-state index contributed by atoms with van der Waals surface area (Å²) in [5.74, 6) is -0.406. The maximum Gasteiger partial charge on any atom is 0.345 e. The van der Waals surface area contributed by atoms with Crippen LogP contribution < -0.4 is 10.7 Å². The van der Waals surface area contributed by atoms with Gasteiger partial charge in [0.05, 0.1) is 10.7 Å². The predicted molar refractivity (Wildman–Crippen MR) is 73.5 cm³/mol. The molecule has 0 unspecified atom stereocenters. The third-order valence-electron chi connectivity index (χ3n) is 2.60. The molecule has 1 aromatic rings. The molecule has 0 spiro atoms. The fraction of sp³-hybridized carbons (Fsp3) is 0.182. The number of nitrogens with one attached hydrogen (secondary N) is 2. The van der Waals surface area contributed by atoms with Crippen LogP contribution in [0.15, 0.2) is 18.2 Å². The molecule has 0 aromatic heterocycles. The number of hydrazine groups is 1. The number of likely N-dealkylation sites (N-methyl/N-ethyl adjacent to an activating group) is 1. The number of carbonyl (C=O) groups excluding carboxylic acids is 3. The van der Waals surface area contributed by atoms with Gasteiger partial charge in [-0.25, -0.2) is 20.0 Å². The van der Waals surface area contributed by atoms with Gasteiger partial charge < -0.3 is 5.32 Å². The van der Waals surface area contributed by atoms with Crippen LogP contribution in [0.2, 0.25) is 10.0 Å². The zero-order valence-corrected chi connectivity index (χ0v) is 11.8. The van der Waals surface area contributed by atoms with Gasteiger partial charge in [0.15, 0.2) is 0 Å². The van der Waals surface area contributed by atoms with E-state index in [1.807, 2.05) is 0 Å². The predicted octanol–water partition coefficient (Wildman–Crippen LogP) is 1.92. The molecule has 1 fully saturated rings. The molecular weight excluding hydrogens is 307 g/mol. The Morgan fingerprint density at radius 2 is 2.00 bits per heavy atom. The van der Waals surface area contributed by atoms with Gasteiger partial charge in [0.25, 0.3) is 5.91 Å². The molecule has 1 saturated heterocycles. The van der Waals surface area contributed by atoms with Crippen LogP contribution in [0.1, 0.15) is 0 Å². The van der Waals surface area contributed by atoms with Crippen molar-refractivity contribution in [3.63, 3.8) is 0 Å². The van der Waals surface area contributed by atoms with Crippen LogP contribution in [-0.2, 0) is 4.79 Å². The van der Waals surface area contributed by atoms with Crippen molar-refractivity contribution >= 4 is 46.9 Å². The molecule has 2 N–H and O–H groups in total. The number of hydrogen-bond acceptors (Lipinski definition) is 3. The lowest BCUT2D eigenvalue weighted by Crippen LogP contribution is -2.46. The molecule has 5 amide bonds. The van der Waals surface area contributed by atoms with Crippen molar-refractivity contribution in [1.29, 1.82) is 0 Å². The summed E-state index contributed by atoms with van der Waals surface area (Å²) in [7, 11) is 1.33. The lowest BCUT2D eigenvalue weighted by Gasteiger charge is -2.16. The molecule has 1 aliphatic heterocycles. The summed E-state index contributed by atoms with van der Waals surface area (Å²) < 4.78 is 0. The van der Waals surface area contributed by atoms with Crippen LogP contribution in [0.5, 0.6) is 0 Å². The molecule has 20 heavy (non-hydrogen) atoms.